The van der Waals surface area contributed by atoms with Crippen LogP contribution in [0.4, 0.5) is 23.5 Å². The van der Waals surface area contributed by atoms with Gasteiger partial charge >= 0.3 is 6.18 Å². The van der Waals surface area contributed by atoms with Crippen LogP contribution in [0.5, 0.6) is 11.5 Å². The van der Waals surface area contributed by atoms with E-state index in [0.717, 1.165) is 29.7 Å². The molecule has 0 aliphatic carbocycles. The molecular formula is C23H18F4N4O5S. The van der Waals surface area contributed by atoms with E-state index in [9.17, 15) is 30.8 Å². The van der Waals surface area contributed by atoms with Gasteiger partial charge in [0, 0.05) is 36.0 Å². The first kappa shape index (κ1) is 25.9. The van der Waals surface area contributed by atoms with Crippen LogP contribution in [0, 0.1) is 5.82 Å². The second-order valence-electron chi connectivity index (χ2n) is 7.66. The van der Waals surface area contributed by atoms with Crippen molar-refractivity contribution < 1.29 is 35.5 Å². The van der Waals surface area contributed by atoms with Crippen LogP contribution in [0.15, 0.2) is 70.6 Å². The second kappa shape index (κ2) is 9.69. The van der Waals surface area contributed by atoms with Crippen molar-refractivity contribution in [2.24, 2.45) is 0 Å². The van der Waals surface area contributed by atoms with E-state index in [4.69, 9.17) is 9.47 Å². The normalized spacial score (nSPS) is 12.8. The fraction of sp³-hybridized carbons (Fsp3) is 0.174. The maximum Gasteiger partial charge on any atom is 0.425 e. The molecule has 0 amide bonds. The third kappa shape index (κ3) is 5.33. The Hall–Kier alpha value is -4.20. The lowest BCUT2D eigenvalue weighted by atomic mass is 10.2. The fourth-order valence-corrected chi connectivity index (χ4v) is 4.37. The lowest BCUT2D eigenvalue weighted by Crippen LogP contribution is -2.31. The molecule has 14 heteroatoms. The number of methoxy groups -OCH3 is 1. The number of benzene rings is 2. The molecule has 2 aromatic heterocycles. The van der Waals surface area contributed by atoms with Crippen molar-refractivity contribution in [1.82, 2.24) is 14.5 Å². The van der Waals surface area contributed by atoms with Gasteiger partial charge in [-0.05, 0) is 37.3 Å². The van der Waals surface area contributed by atoms with E-state index < -0.39 is 39.4 Å². The molecule has 0 radical (unpaired) electrons. The van der Waals surface area contributed by atoms with Crippen molar-refractivity contribution in [2.75, 3.05) is 11.8 Å². The van der Waals surface area contributed by atoms with Gasteiger partial charge in [-0.25, -0.2) is 27.5 Å². The minimum atomic E-state index is -4.73. The number of halogens is 4. The third-order valence-electron chi connectivity index (χ3n) is 5.21. The van der Waals surface area contributed by atoms with E-state index in [1.807, 2.05) is 0 Å². The van der Waals surface area contributed by atoms with Gasteiger partial charge in [-0.1, -0.05) is 0 Å². The SMILES string of the molecule is COc1cc(O[C@H](C)C(F)(F)F)c(F)cc1-n1c(=O)ccc2cc(S(=O)(=O)Nc3ncccn3)ccc21. The number of nitrogens with zero attached hydrogens (tertiary/aromatic N) is 3. The summed E-state index contributed by atoms with van der Waals surface area (Å²) in [7, 11) is -2.91. The minimum Gasteiger partial charge on any atom is -0.494 e. The van der Waals surface area contributed by atoms with Gasteiger partial charge in [0.05, 0.1) is 23.2 Å². The molecule has 194 valence electrons. The van der Waals surface area contributed by atoms with Gasteiger partial charge in [0.25, 0.3) is 15.6 Å². The van der Waals surface area contributed by atoms with Crippen LogP contribution < -0.4 is 19.8 Å². The highest BCUT2D eigenvalue weighted by Crippen LogP contribution is 2.34. The largest absolute Gasteiger partial charge is 0.494 e. The zero-order chi connectivity index (χ0) is 27.0. The number of alkyl halides is 3. The number of pyridine rings is 1. The molecule has 0 aliphatic rings. The molecule has 0 saturated heterocycles. The predicted octanol–water partition coefficient (Wildman–Crippen LogP) is 4.06. The Morgan fingerprint density at radius 3 is 2.38 bits per heavy atom. The Labute approximate surface area is 207 Å². The molecule has 0 unspecified atom stereocenters. The monoisotopic (exact) mass is 538 g/mol. The Bertz CT molecular complexity index is 1630. The molecule has 0 aliphatic heterocycles. The highest BCUT2D eigenvalue weighted by atomic mass is 32.2. The van der Waals surface area contributed by atoms with Gasteiger partial charge in [0.2, 0.25) is 5.95 Å². The van der Waals surface area contributed by atoms with Crippen molar-refractivity contribution >= 4 is 26.9 Å². The van der Waals surface area contributed by atoms with E-state index in [0.29, 0.717) is 0 Å². The summed E-state index contributed by atoms with van der Waals surface area (Å²) in [6, 6.07) is 9.54. The first-order valence-corrected chi connectivity index (χ1v) is 12.0. The fourth-order valence-electron chi connectivity index (χ4n) is 3.38. The molecule has 2 aromatic carbocycles. The standard InChI is InChI=1S/C23H18F4N4O5S/c1-13(23(25,26)27)36-19-12-20(35-2)18(11-16(19)24)31-17-6-5-15(10-14(17)4-7-21(31)32)37(33,34)30-22-28-8-3-9-29-22/h3-13H,1-2H3,(H,28,29,30)/t13-/m1/s1. The number of ether oxygens (including phenoxy) is 2. The van der Waals surface area contributed by atoms with Crippen molar-refractivity contribution in [3.63, 3.8) is 0 Å². The first-order chi connectivity index (χ1) is 17.4. The number of rotatable bonds is 7. The maximum atomic E-state index is 14.8. The summed E-state index contributed by atoms with van der Waals surface area (Å²) in [5.41, 5.74) is -0.583. The summed E-state index contributed by atoms with van der Waals surface area (Å²) in [5, 5.41) is 0.282. The number of sulfonamides is 1. The smallest absolute Gasteiger partial charge is 0.425 e. The number of nitrogens with one attached hydrogen (secondary N) is 1. The molecule has 2 heterocycles. The average molecular weight is 538 g/mol. The molecular weight excluding hydrogens is 520 g/mol. The summed E-state index contributed by atoms with van der Waals surface area (Å²) in [4.78, 5) is 20.2. The van der Waals surface area contributed by atoms with Gasteiger partial charge in [0.1, 0.15) is 5.75 Å². The quantitative estimate of drug-likeness (QED) is 0.353. The van der Waals surface area contributed by atoms with E-state index in [1.54, 1.807) is 0 Å². The van der Waals surface area contributed by atoms with Gasteiger partial charge in [0.15, 0.2) is 17.7 Å². The van der Waals surface area contributed by atoms with Crippen molar-refractivity contribution in [1.29, 1.82) is 0 Å². The summed E-state index contributed by atoms with van der Waals surface area (Å²) in [5.74, 6) is -2.18. The van der Waals surface area contributed by atoms with Gasteiger partial charge < -0.3 is 9.47 Å². The lowest BCUT2D eigenvalue weighted by molar-refractivity contribution is -0.189. The Kier molecular flexibility index (Phi) is 6.78. The molecule has 0 fully saturated rings. The number of hydrogen-bond donors (Lipinski definition) is 1. The first-order valence-electron chi connectivity index (χ1n) is 10.5. The maximum absolute atomic E-state index is 14.8. The van der Waals surface area contributed by atoms with Crippen LogP contribution in [0.3, 0.4) is 0 Å². The molecule has 0 spiro atoms. The molecule has 4 aromatic rings. The molecule has 9 nitrogen and oxygen atoms in total. The zero-order valence-electron chi connectivity index (χ0n) is 19.2. The zero-order valence-corrected chi connectivity index (χ0v) is 20.0. The van der Waals surface area contributed by atoms with Crippen LogP contribution in [0.1, 0.15) is 6.92 Å². The summed E-state index contributed by atoms with van der Waals surface area (Å²) in [6.07, 6.45) is -4.31. The molecule has 1 atom stereocenters. The second-order valence-corrected chi connectivity index (χ2v) is 9.34. The molecule has 0 bridgehead atoms. The van der Waals surface area contributed by atoms with E-state index >= 15 is 0 Å². The number of fused-ring (bicyclic) bond motifs is 1. The van der Waals surface area contributed by atoms with Crippen molar-refractivity contribution in [3.05, 3.63) is 77.1 Å². The van der Waals surface area contributed by atoms with E-state index in [2.05, 4.69) is 14.7 Å². The minimum absolute atomic E-state index is 0.131. The number of aromatic nitrogens is 3. The number of hydrogen-bond acceptors (Lipinski definition) is 7. The molecule has 4 rings (SSSR count). The predicted molar refractivity (Wildman–Crippen MR) is 125 cm³/mol. The third-order valence-corrected chi connectivity index (χ3v) is 6.53. The van der Waals surface area contributed by atoms with E-state index in [-0.39, 0.29) is 33.2 Å². The number of anilines is 1. The van der Waals surface area contributed by atoms with Crippen LogP contribution in [-0.4, -0.2) is 42.3 Å². The Morgan fingerprint density at radius 1 is 1.03 bits per heavy atom. The highest BCUT2D eigenvalue weighted by molar-refractivity contribution is 7.92. The topological polar surface area (TPSA) is 112 Å². The Balaban J connectivity index is 1.80. The van der Waals surface area contributed by atoms with Gasteiger partial charge in [-0.3, -0.25) is 9.36 Å². The summed E-state index contributed by atoms with van der Waals surface area (Å²) >= 11 is 0. The van der Waals surface area contributed by atoms with Crippen molar-refractivity contribution in [3.8, 4) is 17.2 Å². The molecule has 0 saturated carbocycles. The van der Waals surface area contributed by atoms with Crippen molar-refractivity contribution in [2.45, 2.75) is 24.1 Å². The average Bonchev–Trinajstić information content (AvgIpc) is 2.84. The van der Waals surface area contributed by atoms with Crippen LogP contribution in [0.2, 0.25) is 0 Å². The highest BCUT2D eigenvalue weighted by Gasteiger charge is 2.38. The molecule has 1 N–H and O–H groups in total. The van der Waals surface area contributed by atoms with Crippen LogP contribution >= 0.6 is 0 Å². The molecule has 37 heavy (non-hydrogen) atoms. The van der Waals surface area contributed by atoms with Gasteiger partial charge in [-0.15, -0.1) is 0 Å². The summed E-state index contributed by atoms with van der Waals surface area (Å²) < 4.78 is 92.2. The summed E-state index contributed by atoms with van der Waals surface area (Å²) in [6.45, 7) is 0.722. The van der Waals surface area contributed by atoms with Crippen LogP contribution in [-0.2, 0) is 10.0 Å². The van der Waals surface area contributed by atoms with Gasteiger partial charge in [-0.2, -0.15) is 13.2 Å². The lowest BCUT2D eigenvalue weighted by Gasteiger charge is -2.20. The van der Waals surface area contributed by atoms with Crippen LogP contribution in [0.25, 0.3) is 16.6 Å². The Morgan fingerprint density at radius 2 is 1.73 bits per heavy atom. The van der Waals surface area contributed by atoms with E-state index in [1.165, 1.54) is 49.8 Å².